The summed E-state index contributed by atoms with van der Waals surface area (Å²) in [6.07, 6.45) is 69.5. The molecular weight excluding hydrogens is 1120 g/mol. The second kappa shape index (κ2) is 65.9. The lowest BCUT2D eigenvalue weighted by Crippen LogP contribution is -3.00. The van der Waals surface area contributed by atoms with Gasteiger partial charge in [0.05, 0.1) is 61.9 Å². The summed E-state index contributed by atoms with van der Waals surface area (Å²) >= 11 is 0. The molecule has 87 heavy (non-hydrogen) atoms. The van der Waals surface area contributed by atoms with Gasteiger partial charge >= 0.3 is 0 Å². The molecule has 0 unspecified atom stereocenters. The Balaban J connectivity index is -0.00000120. The molecule has 0 saturated carbocycles. The molecule has 0 aromatic heterocycles. The molecule has 0 atom stereocenters. The van der Waals surface area contributed by atoms with Gasteiger partial charge in [0.25, 0.3) is 0 Å². The summed E-state index contributed by atoms with van der Waals surface area (Å²) in [6, 6.07) is 32.8. The Labute approximate surface area is 565 Å². The van der Waals surface area contributed by atoms with Crippen molar-refractivity contribution in [2.75, 3.05) is 61.9 Å². The number of nitrogens with zero attached hydrogens (tertiary/aromatic N) is 3. The Morgan fingerprint density at radius 3 is 0.448 bits per heavy atom. The quantitative estimate of drug-likeness (QED) is 0.0390. The molecule has 6 heteroatoms. The maximum Gasteiger partial charge on any atom is 0.104 e. The van der Waals surface area contributed by atoms with Gasteiger partial charge in [-0.05, 0) is 38.5 Å². The van der Waals surface area contributed by atoms with Crippen LogP contribution in [0.1, 0.15) is 346 Å². The summed E-state index contributed by atoms with van der Waals surface area (Å²) < 4.78 is 3.34. The Kier molecular flexibility index (Phi) is 67.9. The lowest BCUT2D eigenvalue weighted by atomic mass is 10.0. The number of hydrogen-bond donors (Lipinski definition) is 0. The first kappa shape index (κ1) is 89.6. The molecular formula is C81H150Cl3N3. The maximum absolute atomic E-state index is 2.37. The first-order valence-electron chi connectivity index (χ1n) is 37.5. The van der Waals surface area contributed by atoms with E-state index in [-0.39, 0.29) is 37.2 Å². The monoisotopic (exact) mass is 1270 g/mol. The number of benzene rings is 3. The maximum atomic E-state index is 2.37. The van der Waals surface area contributed by atoms with Gasteiger partial charge in [-0.2, -0.15) is 0 Å². The Morgan fingerprint density at radius 1 is 0.184 bits per heavy atom. The van der Waals surface area contributed by atoms with E-state index in [1.807, 2.05) is 0 Å². The Hall–Kier alpha value is -1.59. The molecule has 3 aromatic rings. The molecule has 3 aromatic carbocycles. The number of unbranched alkanes of at least 4 members (excludes halogenated alkanes) is 45. The van der Waals surface area contributed by atoms with Crippen LogP contribution in [0.3, 0.4) is 0 Å². The van der Waals surface area contributed by atoms with Crippen LogP contribution in [-0.4, -0.2) is 75.4 Å². The highest BCUT2D eigenvalue weighted by Crippen LogP contribution is 2.20. The minimum atomic E-state index is 0. The van der Waals surface area contributed by atoms with Crippen LogP contribution in [-0.2, 0) is 19.6 Å². The fourth-order valence-electron chi connectivity index (χ4n) is 12.7. The van der Waals surface area contributed by atoms with E-state index in [1.54, 1.807) is 0 Å². The van der Waals surface area contributed by atoms with Crippen molar-refractivity contribution in [2.45, 2.75) is 349 Å². The molecule has 3 nitrogen and oxygen atoms in total. The number of rotatable bonds is 57. The van der Waals surface area contributed by atoms with Crippen molar-refractivity contribution < 1.29 is 50.7 Å². The molecule has 510 valence electrons. The van der Waals surface area contributed by atoms with Gasteiger partial charge in [0.15, 0.2) is 0 Å². The van der Waals surface area contributed by atoms with Crippen molar-refractivity contribution in [1.82, 2.24) is 0 Å². The second-order valence-electron chi connectivity index (χ2n) is 28.8. The first-order valence-corrected chi connectivity index (χ1v) is 37.5. The summed E-state index contributed by atoms with van der Waals surface area (Å²) in [4.78, 5) is 0. The lowest BCUT2D eigenvalue weighted by molar-refractivity contribution is -0.903. The number of quaternary nitrogens is 3. The Bertz CT molecular complexity index is 1530. The SMILES string of the molecule is CCCCCCCCCCCCCCCCCC[N+](C)(C)Cc1ccccc1.CCCCCCCCCCCCCCCCCC[N+](C)(C)Cc1ccccc1.CCCCCCCCCCCCCCCCCC[N+](C)(C)Cc1ccccc1.[Cl-].[Cl-].[Cl-]. The normalized spacial score (nSPS) is 11.4. The van der Waals surface area contributed by atoms with E-state index in [2.05, 4.69) is 154 Å². The molecule has 0 spiro atoms. The van der Waals surface area contributed by atoms with E-state index in [0.29, 0.717) is 0 Å². The summed E-state index contributed by atoms with van der Waals surface area (Å²) in [5.74, 6) is 0. The molecule has 0 aliphatic heterocycles. The smallest absolute Gasteiger partial charge is 0.104 e. The third-order valence-electron chi connectivity index (χ3n) is 18.2. The second-order valence-corrected chi connectivity index (χ2v) is 28.8. The molecule has 0 aliphatic rings. The zero-order chi connectivity index (χ0) is 61.0. The molecule has 0 fully saturated rings. The highest BCUT2D eigenvalue weighted by Gasteiger charge is 2.17. The van der Waals surface area contributed by atoms with Gasteiger partial charge in [0, 0.05) is 16.7 Å². The molecule has 0 N–H and O–H groups in total. The zero-order valence-electron chi connectivity index (χ0n) is 59.8. The minimum Gasteiger partial charge on any atom is -1.00 e. The van der Waals surface area contributed by atoms with Gasteiger partial charge in [0.1, 0.15) is 19.6 Å². The lowest BCUT2D eigenvalue weighted by Gasteiger charge is -2.30. The van der Waals surface area contributed by atoms with E-state index >= 15 is 0 Å². The zero-order valence-corrected chi connectivity index (χ0v) is 62.1. The average Bonchev–Trinajstić information content (AvgIpc) is 3.65. The topological polar surface area (TPSA) is 0 Å². The average molecular weight is 1270 g/mol. The van der Waals surface area contributed by atoms with Crippen LogP contribution in [0.15, 0.2) is 91.0 Å². The van der Waals surface area contributed by atoms with Crippen LogP contribution in [0, 0.1) is 0 Å². The van der Waals surface area contributed by atoms with E-state index in [1.165, 1.54) is 345 Å². The number of halogens is 3. The van der Waals surface area contributed by atoms with Gasteiger partial charge in [-0.3, -0.25) is 0 Å². The highest BCUT2D eigenvalue weighted by atomic mass is 35.5. The fraction of sp³-hybridized carbons (Fsp3) is 0.778. The van der Waals surface area contributed by atoms with Crippen molar-refractivity contribution in [2.24, 2.45) is 0 Å². The minimum absolute atomic E-state index is 0. The van der Waals surface area contributed by atoms with Gasteiger partial charge in [0.2, 0.25) is 0 Å². The van der Waals surface area contributed by atoms with Crippen LogP contribution < -0.4 is 37.2 Å². The van der Waals surface area contributed by atoms with E-state index in [9.17, 15) is 0 Å². The summed E-state index contributed by atoms with van der Waals surface area (Å²) in [7, 11) is 14.2. The largest absolute Gasteiger partial charge is 1.00 e. The molecule has 0 heterocycles. The molecule has 0 radical (unpaired) electrons. The third kappa shape index (κ3) is 64.3. The first-order chi connectivity index (χ1) is 40.9. The van der Waals surface area contributed by atoms with Gasteiger partial charge < -0.3 is 50.7 Å². The standard InChI is InChI=1S/3C27H50N.3ClH/c3*1-4-5-6-7-8-9-10-11-12-13-14-15-16-17-18-22-25-28(2,3)26-27-23-20-19-21-24-27;;;/h3*19-21,23-24H,4-18,22,25-26H2,1-3H3;3*1H/q3*+1;;;/p-3. The molecule has 0 saturated heterocycles. The van der Waals surface area contributed by atoms with Crippen molar-refractivity contribution in [3.8, 4) is 0 Å². The van der Waals surface area contributed by atoms with Crippen molar-refractivity contribution in [3.05, 3.63) is 108 Å². The predicted octanol–water partition coefficient (Wildman–Crippen LogP) is 16.6. The van der Waals surface area contributed by atoms with Crippen LogP contribution in [0.4, 0.5) is 0 Å². The third-order valence-corrected chi connectivity index (χ3v) is 18.2. The molecule has 0 aliphatic carbocycles. The number of hydrogen-bond acceptors (Lipinski definition) is 0. The summed E-state index contributed by atoms with van der Waals surface area (Å²) in [6.45, 7) is 14.3. The fourth-order valence-corrected chi connectivity index (χ4v) is 12.7. The van der Waals surface area contributed by atoms with Crippen LogP contribution in [0.25, 0.3) is 0 Å². The van der Waals surface area contributed by atoms with E-state index in [0.717, 1.165) is 33.1 Å². The van der Waals surface area contributed by atoms with Crippen LogP contribution in [0.5, 0.6) is 0 Å². The van der Waals surface area contributed by atoms with Gasteiger partial charge in [-0.25, -0.2) is 0 Å². The van der Waals surface area contributed by atoms with Crippen molar-refractivity contribution >= 4 is 0 Å². The van der Waals surface area contributed by atoms with Gasteiger partial charge in [-0.15, -0.1) is 0 Å². The van der Waals surface area contributed by atoms with Crippen LogP contribution >= 0.6 is 0 Å². The van der Waals surface area contributed by atoms with E-state index in [4.69, 9.17) is 0 Å². The summed E-state index contributed by atoms with van der Waals surface area (Å²) in [5, 5.41) is 0. The molecule has 0 amide bonds. The van der Waals surface area contributed by atoms with Crippen molar-refractivity contribution in [1.29, 1.82) is 0 Å². The molecule has 3 rings (SSSR count). The summed E-state index contributed by atoms with van der Waals surface area (Å²) in [5.41, 5.74) is 4.39. The molecule has 0 bridgehead atoms. The van der Waals surface area contributed by atoms with Crippen LogP contribution in [0.2, 0.25) is 0 Å². The predicted molar refractivity (Wildman–Crippen MR) is 380 cm³/mol. The van der Waals surface area contributed by atoms with Gasteiger partial charge in [-0.1, -0.05) is 381 Å². The highest BCUT2D eigenvalue weighted by molar-refractivity contribution is 5.15. The van der Waals surface area contributed by atoms with E-state index < -0.39 is 0 Å². The Morgan fingerprint density at radius 2 is 0.310 bits per heavy atom. The van der Waals surface area contributed by atoms with Crippen molar-refractivity contribution in [3.63, 3.8) is 0 Å².